The molecule has 1 fully saturated rings. The molecule has 2 aromatic rings. The summed E-state index contributed by atoms with van der Waals surface area (Å²) < 4.78 is 6.95. The Morgan fingerprint density at radius 2 is 2.27 bits per heavy atom. The normalized spacial score (nSPS) is 21.3. The zero-order chi connectivity index (χ0) is 10.3. The molecule has 2 heterocycles. The van der Waals surface area contributed by atoms with Crippen molar-refractivity contribution in [1.29, 1.82) is 0 Å². The van der Waals surface area contributed by atoms with Crippen molar-refractivity contribution in [1.82, 2.24) is 5.32 Å². The van der Waals surface area contributed by atoms with Crippen LogP contribution in [0.3, 0.4) is 0 Å². The Kier molecular flexibility index (Phi) is 2.29. The monoisotopic (exact) mass is 265 g/mol. The third-order valence-electron chi connectivity index (χ3n) is 2.96. The lowest BCUT2D eigenvalue weighted by atomic mass is 10.1. The largest absolute Gasteiger partial charge is 0.461 e. The van der Waals surface area contributed by atoms with Gasteiger partial charge in [0.15, 0.2) is 0 Å². The fourth-order valence-electron chi connectivity index (χ4n) is 2.13. The average molecular weight is 266 g/mol. The fraction of sp³-hybridized carbons (Fsp3) is 0.333. The summed E-state index contributed by atoms with van der Waals surface area (Å²) in [6, 6.07) is 8.30. The van der Waals surface area contributed by atoms with E-state index in [0.29, 0.717) is 5.92 Å². The Bertz CT molecular complexity index is 485. The van der Waals surface area contributed by atoms with Gasteiger partial charge in [0.05, 0.1) is 0 Å². The van der Waals surface area contributed by atoms with Crippen molar-refractivity contribution in [3.05, 3.63) is 34.5 Å². The molecule has 1 N–H and O–H groups in total. The summed E-state index contributed by atoms with van der Waals surface area (Å²) in [5, 5.41) is 4.54. The van der Waals surface area contributed by atoms with E-state index in [1.807, 2.05) is 12.1 Å². The Balaban J connectivity index is 2.05. The number of benzene rings is 1. The summed E-state index contributed by atoms with van der Waals surface area (Å²) in [5.74, 6) is 1.67. The summed E-state index contributed by atoms with van der Waals surface area (Å²) >= 11 is 3.47. The molecule has 1 aliphatic rings. The van der Waals surface area contributed by atoms with Crippen LogP contribution >= 0.6 is 15.9 Å². The molecule has 0 amide bonds. The first-order valence-corrected chi connectivity index (χ1v) is 6.02. The van der Waals surface area contributed by atoms with Gasteiger partial charge in [-0.2, -0.15) is 0 Å². The van der Waals surface area contributed by atoms with Gasteiger partial charge in [-0.1, -0.05) is 15.9 Å². The predicted octanol–water partition coefficient (Wildman–Crippen LogP) is 3.27. The first-order chi connectivity index (χ1) is 7.33. The van der Waals surface area contributed by atoms with E-state index in [2.05, 4.69) is 33.4 Å². The predicted molar refractivity (Wildman–Crippen MR) is 64.1 cm³/mol. The lowest BCUT2D eigenvalue weighted by Gasteiger charge is -2.01. The molecule has 2 nitrogen and oxygen atoms in total. The number of halogens is 1. The molecule has 1 aromatic carbocycles. The molecule has 0 bridgehead atoms. The molecule has 1 atom stereocenters. The van der Waals surface area contributed by atoms with Gasteiger partial charge in [0, 0.05) is 22.3 Å². The van der Waals surface area contributed by atoms with Crippen LogP contribution in [0, 0.1) is 0 Å². The second kappa shape index (κ2) is 3.65. The number of fused-ring (bicyclic) bond motifs is 1. The Labute approximate surface area is 96.8 Å². The minimum atomic E-state index is 0.552. The van der Waals surface area contributed by atoms with Crippen molar-refractivity contribution in [2.45, 2.75) is 12.3 Å². The van der Waals surface area contributed by atoms with Crippen LogP contribution < -0.4 is 5.32 Å². The van der Waals surface area contributed by atoms with E-state index in [0.717, 1.165) is 28.9 Å². The minimum absolute atomic E-state index is 0.552. The van der Waals surface area contributed by atoms with E-state index in [1.54, 1.807) is 0 Å². The van der Waals surface area contributed by atoms with Gasteiger partial charge in [0.1, 0.15) is 11.3 Å². The summed E-state index contributed by atoms with van der Waals surface area (Å²) in [6.45, 7) is 2.15. The molecular weight excluding hydrogens is 254 g/mol. The highest BCUT2D eigenvalue weighted by molar-refractivity contribution is 9.10. The van der Waals surface area contributed by atoms with Gasteiger partial charge in [-0.25, -0.2) is 0 Å². The molecule has 1 aromatic heterocycles. The number of hydrogen-bond donors (Lipinski definition) is 1. The van der Waals surface area contributed by atoms with Crippen molar-refractivity contribution in [3.8, 4) is 0 Å². The van der Waals surface area contributed by atoms with Crippen molar-refractivity contribution in [3.63, 3.8) is 0 Å². The smallest absolute Gasteiger partial charge is 0.134 e. The van der Waals surface area contributed by atoms with E-state index in [1.165, 1.54) is 11.8 Å². The maximum absolute atomic E-state index is 5.85. The van der Waals surface area contributed by atoms with E-state index in [9.17, 15) is 0 Å². The van der Waals surface area contributed by atoms with Crippen LogP contribution in [0.4, 0.5) is 0 Å². The third-order valence-corrected chi connectivity index (χ3v) is 3.45. The Morgan fingerprint density at radius 1 is 1.33 bits per heavy atom. The van der Waals surface area contributed by atoms with Crippen molar-refractivity contribution < 1.29 is 4.42 Å². The van der Waals surface area contributed by atoms with Crippen LogP contribution in [-0.4, -0.2) is 13.1 Å². The number of nitrogens with one attached hydrogen (secondary N) is 1. The Morgan fingerprint density at radius 3 is 3.07 bits per heavy atom. The molecule has 0 radical (unpaired) electrons. The van der Waals surface area contributed by atoms with Crippen LogP contribution in [0.2, 0.25) is 0 Å². The average Bonchev–Trinajstić information content (AvgIpc) is 2.84. The quantitative estimate of drug-likeness (QED) is 0.856. The number of hydrogen-bond acceptors (Lipinski definition) is 2. The Hall–Kier alpha value is -0.800. The lowest BCUT2D eigenvalue weighted by Crippen LogP contribution is -2.07. The molecule has 15 heavy (non-hydrogen) atoms. The lowest BCUT2D eigenvalue weighted by molar-refractivity contribution is 0.505. The molecule has 78 valence electrons. The van der Waals surface area contributed by atoms with E-state index in [4.69, 9.17) is 4.42 Å². The van der Waals surface area contributed by atoms with E-state index >= 15 is 0 Å². The summed E-state index contributed by atoms with van der Waals surface area (Å²) in [5.41, 5.74) is 0.986. The maximum atomic E-state index is 5.85. The van der Waals surface area contributed by atoms with Crippen LogP contribution in [0.1, 0.15) is 18.1 Å². The molecule has 3 rings (SSSR count). The fourth-order valence-corrected chi connectivity index (χ4v) is 2.51. The highest BCUT2D eigenvalue weighted by Gasteiger charge is 2.20. The van der Waals surface area contributed by atoms with Gasteiger partial charge in [-0.15, -0.1) is 0 Å². The molecule has 3 heteroatoms. The highest BCUT2D eigenvalue weighted by atomic mass is 79.9. The van der Waals surface area contributed by atoms with Gasteiger partial charge in [0.2, 0.25) is 0 Å². The van der Waals surface area contributed by atoms with E-state index < -0.39 is 0 Å². The van der Waals surface area contributed by atoms with Crippen LogP contribution in [0.25, 0.3) is 11.0 Å². The second-order valence-corrected chi connectivity index (χ2v) is 4.94. The maximum Gasteiger partial charge on any atom is 0.134 e. The minimum Gasteiger partial charge on any atom is -0.461 e. The van der Waals surface area contributed by atoms with Gasteiger partial charge in [-0.3, -0.25) is 0 Å². The van der Waals surface area contributed by atoms with Crippen molar-refractivity contribution in [2.24, 2.45) is 0 Å². The van der Waals surface area contributed by atoms with Crippen molar-refractivity contribution >= 4 is 26.9 Å². The van der Waals surface area contributed by atoms with Crippen LogP contribution in [-0.2, 0) is 0 Å². The second-order valence-electron chi connectivity index (χ2n) is 4.02. The molecular formula is C12H12BrNO. The SMILES string of the molecule is Brc1ccc2oc(C3CCNC3)cc2c1. The third kappa shape index (κ3) is 1.70. The zero-order valence-electron chi connectivity index (χ0n) is 8.29. The number of furan rings is 1. The van der Waals surface area contributed by atoms with E-state index in [-0.39, 0.29) is 0 Å². The van der Waals surface area contributed by atoms with Crippen LogP contribution in [0.15, 0.2) is 33.2 Å². The van der Waals surface area contributed by atoms with Gasteiger partial charge < -0.3 is 9.73 Å². The van der Waals surface area contributed by atoms with Crippen molar-refractivity contribution in [2.75, 3.05) is 13.1 Å². The zero-order valence-corrected chi connectivity index (χ0v) is 9.88. The molecule has 0 aliphatic carbocycles. The highest BCUT2D eigenvalue weighted by Crippen LogP contribution is 2.30. The summed E-state index contributed by atoms with van der Waals surface area (Å²) in [4.78, 5) is 0. The van der Waals surface area contributed by atoms with Gasteiger partial charge in [-0.05, 0) is 37.2 Å². The first-order valence-electron chi connectivity index (χ1n) is 5.22. The first kappa shape index (κ1) is 9.43. The number of rotatable bonds is 1. The molecule has 1 unspecified atom stereocenters. The van der Waals surface area contributed by atoms with Gasteiger partial charge in [0.25, 0.3) is 0 Å². The molecule has 1 saturated heterocycles. The summed E-state index contributed by atoms with van der Waals surface area (Å²) in [6.07, 6.45) is 1.18. The molecule has 0 saturated carbocycles. The molecule has 0 spiro atoms. The van der Waals surface area contributed by atoms with Crippen LogP contribution in [0.5, 0.6) is 0 Å². The standard InChI is InChI=1S/C12H12BrNO/c13-10-1-2-11-9(5-10)6-12(15-11)8-3-4-14-7-8/h1-2,5-6,8,14H,3-4,7H2. The van der Waals surface area contributed by atoms with Gasteiger partial charge >= 0.3 is 0 Å². The molecule has 1 aliphatic heterocycles. The topological polar surface area (TPSA) is 25.2 Å². The summed E-state index contributed by atoms with van der Waals surface area (Å²) in [7, 11) is 0.